The van der Waals surface area contributed by atoms with Crippen LogP contribution in [0.25, 0.3) is 0 Å². The second-order valence-electron chi connectivity index (χ2n) is 5.88. The van der Waals surface area contributed by atoms with Crippen molar-refractivity contribution < 1.29 is 4.21 Å². The molecule has 1 N–H and O–H groups in total. The molecule has 1 saturated heterocycles. The lowest BCUT2D eigenvalue weighted by molar-refractivity contribution is 0.244. The molecule has 1 heterocycles. The standard InChI is InChI=1S/C12H26N2OS/c1-11(9-13-12(2,3)4)10-14-5-7-16(15)8-6-14/h11,13H,5-10H2,1-4H3. The molecular weight excluding hydrogens is 220 g/mol. The maximum absolute atomic E-state index is 11.2. The number of hydrogen-bond acceptors (Lipinski definition) is 3. The molecule has 96 valence electrons. The summed E-state index contributed by atoms with van der Waals surface area (Å²) >= 11 is 0. The van der Waals surface area contributed by atoms with E-state index in [4.69, 9.17) is 0 Å². The molecule has 3 nitrogen and oxygen atoms in total. The van der Waals surface area contributed by atoms with E-state index in [0.717, 1.165) is 37.7 Å². The Hall–Kier alpha value is 0.0700. The fourth-order valence-electron chi connectivity index (χ4n) is 1.84. The van der Waals surface area contributed by atoms with Crippen LogP contribution in [0.2, 0.25) is 0 Å². The molecule has 0 bridgehead atoms. The van der Waals surface area contributed by atoms with E-state index in [1.807, 2.05) is 0 Å². The zero-order valence-electron chi connectivity index (χ0n) is 11.1. The van der Waals surface area contributed by atoms with E-state index in [2.05, 4.69) is 37.9 Å². The van der Waals surface area contributed by atoms with Gasteiger partial charge in [-0.1, -0.05) is 6.92 Å². The molecule has 1 aliphatic rings. The van der Waals surface area contributed by atoms with Crippen LogP contribution in [0, 0.1) is 5.92 Å². The number of rotatable bonds is 4. The quantitative estimate of drug-likeness (QED) is 0.805. The second-order valence-corrected chi connectivity index (χ2v) is 7.58. The zero-order chi connectivity index (χ0) is 12.2. The second kappa shape index (κ2) is 6.12. The Morgan fingerprint density at radius 2 is 1.88 bits per heavy atom. The molecule has 0 amide bonds. The van der Waals surface area contributed by atoms with Crippen molar-refractivity contribution in [2.24, 2.45) is 5.92 Å². The molecule has 1 atom stereocenters. The van der Waals surface area contributed by atoms with Crippen LogP contribution in [0.3, 0.4) is 0 Å². The zero-order valence-corrected chi connectivity index (χ0v) is 11.9. The minimum absolute atomic E-state index is 0.206. The van der Waals surface area contributed by atoms with Crippen molar-refractivity contribution in [3.8, 4) is 0 Å². The lowest BCUT2D eigenvalue weighted by Crippen LogP contribution is -2.44. The average molecular weight is 246 g/mol. The fourth-order valence-corrected chi connectivity index (χ4v) is 2.97. The molecule has 0 aromatic carbocycles. The Bertz CT molecular complexity index is 228. The first-order chi connectivity index (χ1) is 7.37. The van der Waals surface area contributed by atoms with Crippen molar-refractivity contribution in [3.63, 3.8) is 0 Å². The van der Waals surface area contributed by atoms with Crippen LogP contribution in [0.1, 0.15) is 27.7 Å². The van der Waals surface area contributed by atoms with Gasteiger partial charge in [-0.2, -0.15) is 0 Å². The first kappa shape index (κ1) is 14.1. The van der Waals surface area contributed by atoms with Crippen molar-refractivity contribution in [2.45, 2.75) is 33.2 Å². The van der Waals surface area contributed by atoms with Crippen molar-refractivity contribution in [2.75, 3.05) is 37.7 Å². The van der Waals surface area contributed by atoms with Gasteiger partial charge in [0.05, 0.1) is 0 Å². The predicted octanol–water partition coefficient (Wildman–Crippen LogP) is 1.07. The van der Waals surface area contributed by atoms with Gasteiger partial charge in [0.1, 0.15) is 0 Å². The summed E-state index contributed by atoms with van der Waals surface area (Å²) in [6, 6.07) is 0. The summed E-state index contributed by atoms with van der Waals surface area (Å²) in [6.07, 6.45) is 0. The van der Waals surface area contributed by atoms with Crippen molar-refractivity contribution in [1.82, 2.24) is 10.2 Å². The van der Waals surface area contributed by atoms with Crippen LogP contribution in [0.15, 0.2) is 0 Å². The van der Waals surface area contributed by atoms with E-state index < -0.39 is 10.8 Å². The summed E-state index contributed by atoms with van der Waals surface area (Å²) in [5.74, 6) is 2.38. The Balaban J connectivity index is 2.19. The fraction of sp³-hybridized carbons (Fsp3) is 1.00. The van der Waals surface area contributed by atoms with Crippen LogP contribution in [-0.4, -0.2) is 52.3 Å². The summed E-state index contributed by atoms with van der Waals surface area (Å²) in [5.41, 5.74) is 0.206. The van der Waals surface area contributed by atoms with E-state index in [-0.39, 0.29) is 5.54 Å². The van der Waals surface area contributed by atoms with Crippen LogP contribution in [-0.2, 0) is 10.8 Å². The largest absolute Gasteiger partial charge is 0.312 e. The normalized spacial score (nSPS) is 22.2. The Labute approximate surface area is 102 Å². The molecule has 0 spiro atoms. The van der Waals surface area contributed by atoms with Gasteiger partial charge in [0.2, 0.25) is 0 Å². The Morgan fingerprint density at radius 3 is 2.38 bits per heavy atom. The van der Waals surface area contributed by atoms with Gasteiger partial charge in [0.15, 0.2) is 0 Å². The summed E-state index contributed by atoms with van der Waals surface area (Å²) in [7, 11) is -0.551. The molecule has 0 radical (unpaired) electrons. The third-order valence-electron chi connectivity index (χ3n) is 2.82. The summed E-state index contributed by atoms with van der Waals surface area (Å²) in [5, 5.41) is 3.53. The molecule has 0 aromatic heterocycles. The lowest BCUT2D eigenvalue weighted by atomic mass is 10.1. The van der Waals surface area contributed by atoms with Gasteiger partial charge >= 0.3 is 0 Å². The number of hydrogen-bond donors (Lipinski definition) is 1. The van der Waals surface area contributed by atoms with Gasteiger partial charge < -0.3 is 10.2 Å². The highest BCUT2D eigenvalue weighted by atomic mass is 32.2. The molecule has 1 aliphatic heterocycles. The van der Waals surface area contributed by atoms with E-state index in [1.165, 1.54) is 0 Å². The summed E-state index contributed by atoms with van der Waals surface area (Å²) < 4.78 is 11.2. The third kappa shape index (κ3) is 5.97. The Morgan fingerprint density at radius 1 is 1.31 bits per heavy atom. The lowest BCUT2D eigenvalue weighted by Gasteiger charge is -2.30. The van der Waals surface area contributed by atoms with Crippen molar-refractivity contribution in [1.29, 1.82) is 0 Å². The van der Waals surface area contributed by atoms with Crippen LogP contribution >= 0.6 is 0 Å². The van der Waals surface area contributed by atoms with E-state index in [1.54, 1.807) is 0 Å². The topological polar surface area (TPSA) is 32.3 Å². The number of nitrogens with zero attached hydrogens (tertiary/aromatic N) is 1. The van der Waals surface area contributed by atoms with E-state index in [9.17, 15) is 4.21 Å². The number of nitrogens with one attached hydrogen (secondary N) is 1. The molecule has 1 unspecified atom stereocenters. The minimum atomic E-state index is -0.551. The third-order valence-corrected chi connectivity index (χ3v) is 4.10. The maximum atomic E-state index is 11.2. The highest BCUT2D eigenvalue weighted by molar-refractivity contribution is 7.85. The molecule has 16 heavy (non-hydrogen) atoms. The smallest absolute Gasteiger partial charge is 0.0363 e. The van der Waals surface area contributed by atoms with Crippen molar-refractivity contribution >= 4 is 10.8 Å². The molecular formula is C12H26N2OS. The highest BCUT2D eigenvalue weighted by Crippen LogP contribution is 2.06. The molecule has 4 heteroatoms. The van der Waals surface area contributed by atoms with Crippen LogP contribution in [0.4, 0.5) is 0 Å². The van der Waals surface area contributed by atoms with Crippen LogP contribution < -0.4 is 5.32 Å². The SMILES string of the molecule is CC(CNC(C)(C)C)CN1CCS(=O)CC1. The molecule has 1 fully saturated rings. The minimum Gasteiger partial charge on any atom is -0.312 e. The average Bonchev–Trinajstić information content (AvgIpc) is 2.18. The summed E-state index contributed by atoms with van der Waals surface area (Å²) in [6.45, 7) is 13.1. The van der Waals surface area contributed by atoms with Gasteiger partial charge in [-0.25, -0.2) is 0 Å². The van der Waals surface area contributed by atoms with Gasteiger partial charge in [-0.15, -0.1) is 0 Å². The maximum Gasteiger partial charge on any atom is 0.0363 e. The van der Waals surface area contributed by atoms with Gasteiger partial charge in [-0.05, 0) is 33.2 Å². The van der Waals surface area contributed by atoms with E-state index >= 15 is 0 Å². The highest BCUT2D eigenvalue weighted by Gasteiger charge is 2.18. The van der Waals surface area contributed by atoms with Gasteiger partial charge in [0.25, 0.3) is 0 Å². The Kier molecular flexibility index (Phi) is 5.41. The molecule has 0 aliphatic carbocycles. The summed E-state index contributed by atoms with van der Waals surface area (Å²) in [4.78, 5) is 2.44. The van der Waals surface area contributed by atoms with Gasteiger partial charge in [0, 0.05) is 47.5 Å². The molecule has 0 aromatic rings. The van der Waals surface area contributed by atoms with Crippen LogP contribution in [0.5, 0.6) is 0 Å². The molecule has 0 saturated carbocycles. The monoisotopic (exact) mass is 246 g/mol. The first-order valence-electron chi connectivity index (χ1n) is 6.19. The van der Waals surface area contributed by atoms with E-state index in [0.29, 0.717) is 5.92 Å². The predicted molar refractivity (Wildman–Crippen MR) is 71.2 cm³/mol. The van der Waals surface area contributed by atoms with Crippen molar-refractivity contribution in [3.05, 3.63) is 0 Å². The van der Waals surface area contributed by atoms with Gasteiger partial charge in [-0.3, -0.25) is 4.21 Å². The molecule has 1 rings (SSSR count). The first-order valence-corrected chi connectivity index (χ1v) is 7.68.